The predicted octanol–water partition coefficient (Wildman–Crippen LogP) is 0.575. The number of rotatable bonds is 2. The van der Waals surface area contributed by atoms with E-state index in [1.165, 1.54) is 4.68 Å². The zero-order valence-electron chi connectivity index (χ0n) is 10.3. The molecule has 0 saturated carbocycles. The smallest absolute Gasteiger partial charge is 0.282 e. The van der Waals surface area contributed by atoms with Crippen molar-refractivity contribution in [2.75, 3.05) is 18.9 Å². The van der Waals surface area contributed by atoms with Crippen molar-refractivity contribution in [3.8, 4) is 0 Å². The summed E-state index contributed by atoms with van der Waals surface area (Å²) >= 11 is 3.27. The third-order valence-corrected chi connectivity index (χ3v) is 3.83. The SMILES string of the molecule is CN1C[C@H](Nc2cnn(C)c(=O)c2Br)CCC1=O. The number of piperidine rings is 1. The van der Waals surface area contributed by atoms with Crippen LogP contribution in [0.4, 0.5) is 5.69 Å². The lowest BCUT2D eigenvalue weighted by Crippen LogP contribution is -2.43. The van der Waals surface area contributed by atoms with Gasteiger partial charge >= 0.3 is 0 Å². The number of likely N-dealkylation sites (N-methyl/N-ethyl adjacent to an activating group) is 1. The van der Waals surface area contributed by atoms with Crippen molar-refractivity contribution in [3.63, 3.8) is 0 Å². The molecule has 1 N–H and O–H groups in total. The average Bonchev–Trinajstić information content (AvgIpc) is 2.34. The molecule has 1 fully saturated rings. The van der Waals surface area contributed by atoms with Gasteiger partial charge in [-0.25, -0.2) is 4.68 Å². The van der Waals surface area contributed by atoms with Crippen molar-refractivity contribution in [2.45, 2.75) is 18.9 Å². The van der Waals surface area contributed by atoms with Gasteiger partial charge in [0.15, 0.2) is 0 Å². The molecule has 1 amide bonds. The molecule has 1 aliphatic heterocycles. The second-order valence-corrected chi connectivity index (χ2v) is 5.25. The summed E-state index contributed by atoms with van der Waals surface area (Å²) in [4.78, 5) is 24.8. The molecule has 0 unspecified atom stereocenters. The summed E-state index contributed by atoms with van der Waals surface area (Å²) in [7, 11) is 3.39. The van der Waals surface area contributed by atoms with Crippen LogP contribution in [0, 0.1) is 0 Å². The van der Waals surface area contributed by atoms with E-state index < -0.39 is 0 Å². The van der Waals surface area contributed by atoms with E-state index >= 15 is 0 Å². The Kier molecular flexibility index (Phi) is 3.70. The molecule has 1 atom stereocenters. The fraction of sp³-hybridized carbons (Fsp3) is 0.545. The summed E-state index contributed by atoms with van der Waals surface area (Å²) in [6.07, 6.45) is 2.91. The number of amides is 1. The summed E-state index contributed by atoms with van der Waals surface area (Å²) < 4.78 is 1.74. The van der Waals surface area contributed by atoms with Crippen molar-refractivity contribution >= 4 is 27.5 Å². The van der Waals surface area contributed by atoms with Crippen molar-refractivity contribution in [1.82, 2.24) is 14.7 Å². The van der Waals surface area contributed by atoms with E-state index in [4.69, 9.17) is 0 Å². The molecule has 0 bridgehead atoms. The van der Waals surface area contributed by atoms with E-state index in [0.29, 0.717) is 23.1 Å². The monoisotopic (exact) mass is 314 g/mol. The second-order valence-electron chi connectivity index (χ2n) is 4.46. The first-order valence-corrected chi connectivity index (χ1v) is 6.50. The minimum Gasteiger partial charge on any atom is -0.378 e. The van der Waals surface area contributed by atoms with Crippen LogP contribution in [0.1, 0.15) is 12.8 Å². The maximum absolute atomic E-state index is 11.7. The molecular formula is C11H15BrN4O2. The first kappa shape index (κ1) is 13.1. The highest BCUT2D eigenvalue weighted by atomic mass is 79.9. The number of halogens is 1. The molecule has 2 heterocycles. The Labute approximate surface area is 113 Å². The number of hydrogen-bond donors (Lipinski definition) is 1. The Morgan fingerprint density at radius 3 is 2.83 bits per heavy atom. The normalized spacial score (nSPS) is 20.1. The van der Waals surface area contributed by atoms with Crippen LogP contribution >= 0.6 is 15.9 Å². The maximum atomic E-state index is 11.7. The Balaban J connectivity index is 2.13. The Morgan fingerprint density at radius 2 is 2.17 bits per heavy atom. The van der Waals surface area contributed by atoms with Gasteiger partial charge in [-0.05, 0) is 22.4 Å². The number of nitrogens with one attached hydrogen (secondary N) is 1. The third kappa shape index (κ3) is 2.55. The number of carbonyl (C=O) groups excluding carboxylic acids is 1. The highest BCUT2D eigenvalue weighted by Gasteiger charge is 2.23. The quantitative estimate of drug-likeness (QED) is 0.867. The fourth-order valence-corrected chi connectivity index (χ4v) is 2.43. The summed E-state index contributed by atoms with van der Waals surface area (Å²) in [5.74, 6) is 0.161. The molecule has 18 heavy (non-hydrogen) atoms. The van der Waals surface area contributed by atoms with Crippen LogP contribution in [-0.2, 0) is 11.8 Å². The van der Waals surface area contributed by atoms with Gasteiger partial charge in [-0.15, -0.1) is 0 Å². The highest BCUT2D eigenvalue weighted by Crippen LogP contribution is 2.20. The predicted molar refractivity (Wildman–Crippen MR) is 71.5 cm³/mol. The van der Waals surface area contributed by atoms with Crippen LogP contribution in [0.25, 0.3) is 0 Å². The van der Waals surface area contributed by atoms with Crippen LogP contribution < -0.4 is 10.9 Å². The lowest BCUT2D eigenvalue weighted by molar-refractivity contribution is -0.132. The van der Waals surface area contributed by atoms with E-state index in [9.17, 15) is 9.59 Å². The summed E-state index contributed by atoms with van der Waals surface area (Å²) in [5.41, 5.74) is 0.492. The van der Waals surface area contributed by atoms with E-state index in [1.54, 1.807) is 25.2 Å². The molecule has 0 spiro atoms. The Bertz CT molecular complexity index is 528. The molecular weight excluding hydrogens is 300 g/mol. The fourth-order valence-electron chi connectivity index (χ4n) is 1.96. The van der Waals surface area contributed by atoms with Gasteiger partial charge in [0.2, 0.25) is 5.91 Å². The summed E-state index contributed by atoms with van der Waals surface area (Å²) in [6, 6.07) is 0.151. The van der Waals surface area contributed by atoms with Crippen LogP contribution in [0.3, 0.4) is 0 Å². The number of aromatic nitrogens is 2. The van der Waals surface area contributed by atoms with Gasteiger partial charge in [-0.2, -0.15) is 5.10 Å². The molecule has 0 aromatic carbocycles. The molecule has 1 aromatic rings. The summed E-state index contributed by atoms with van der Waals surface area (Å²) in [5, 5.41) is 7.22. The van der Waals surface area contributed by atoms with Gasteiger partial charge < -0.3 is 10.2 Å². The lowest BCUT2D eigenvalue weighted by atomic mass is 10.1. The van der Waals surface area contributed by atoms with E-state index in [0.717, 1.165) is 6.42 Å². The van der Waals surface area contributed by atoms with Gasteiger partial charge in [-0.3, -0.25) is 9.59 Å². The standard InChI is InChI=1S/C11H15BrN4O2/c1-15-6-7(3-4-9(15)17)14-8-5-13-16(2)11(18)10(8)12/h5,7,14H,3-4,6H2,1-2H3/t7-/m1/s1. The van der Waals surface area contributed by atoms with Crippen LogP contribution in [0.15, 0.2) is 15.5 Å². The number of carbonyl (C=O) groups is 1. The van der Waals surface area contributed by atoms with Crippen molar-refractivity contribution in [3.05, 3.63) is 21.0 Å². The number of aryl methyl sites for hydroxylation is 1. The van der Waals surface area contributed by atoms with Gasteiger partial charge in [0, 0.05) is 33.1 Å². The average molecular weight is 315 g/mol. The Hall–Kier alpha value is -1.37. The number of likely N-dealkylation sites (tertiary alicyclic amines) is 1. The molecule has 98 valence electrons. The molecule has 7 heteroatoms. The zero-order valence-corrected chi connectivity index (χ0v) is 11.9. The lowest BCUT2D eigenvalue weighted by Gasteiger charge is -2.30. The van der Waals surface area contributed by atoms with Gasteiger partial charge in [0.25, 0.3) is 5.56 Å². The first-order chi connectivity index (χ1) is 8.49. The maximum Gasteiger partial charge on any atom is 0.282 e. The molecule has 2 rings (SSSR count). The largest absolute Gasteiger partial charge is 0.378 e. The van der Waals surface area contributed by atoms with Crippen LogP contribution in [0.5, 0.6) is 0 Å². The van der Waals surface area contributed by atoms with Gasteiger partial charge in [0.1, 0.15) is 4.47 Å². The van der Waals surface area contributed by atoms with Crippen molar-refractivity contribution in [1.29, 1.82) is 0 Å². The van der Waals surface area contributed by atoms with E-state index in [1.807, 2.05) is 0 Å². The van der Waals surface area contributed by atoms with Crippen molar-refractivity contribution in [2.24, 2.45) is 7.05 Å². The second kappa shape index (κ2) is 5.09. The zero-order chi connectivity index (χ0) is 13.3. The van der Waals surface area contributed by atoms with Gasteiger partial charge in [-0.1, -0.05) is 0 Å². The molecule has 6 nitrogen and oxygen atoms in total. The molecule has 1 aromatic heterocycles. The molecule has 0 radical (unpaired) electrons. The molecule has 1 aliphatic rings. The molecule has 0 aliphatic carbocycles. The Morgan fingerprint density at radius 1 is 1.44 bits per heavy atom. The van der Waals surface area contributed by atoms with Crippen LogP contribution in [0.2, 0.25) is 0 Å². The first-order valence-electron chi connectivity index (χ1n) is 5.71. The minimum atomic E-state index is -0.180. The minimum absolute atomic E-state index is 0.151. The summed E-state index contributed by atoms with van der Waals surface area (Å²) in [6.45, 7) is 0.639. The number of nitrogens with zero attached hydrogens (tertiary/aromatic N) is 3. The number of anilines is 1. The topological polar surface area (TPSA) is 67.2 Å². The van der Waals surface area contributed by atoms with E-state index in [-0.39, 0.29) is 17.5 Å². The van der Waals surface area contributed by atoms with Crippen molar-refractivity contribution < 1.29 is 4.79 Å². The third-order valence-electron chi connectivity index (χ3n) is 3.06. The number of hydrogen-bond acceptors (Lipinski definition) is 4. The highest BCUT2D eigenvalue weighted by molar-refractivity contribution is 9.10. The van der Waals surface area contributed by atoms with Gasteiger partial charge in [0.05, 0.1) is 11.9 Å². The van der Waals surface area contributed by atoms with Crippen LogP contribution in [-0.4, -0.2) is 40.2 Å². The van der Waals surface area contributed by atoms with E-state index in [2.05, 4.69) is 26.3 Å². The molecule has 1 saturated heterocycles.